The van der Waals surface area contributed by atoms with E-state index in [0.717, 1.165) is 4.31 Å². The topological polar surface area (TPSA) is 110 Å². The molecule has 8 heteroatoms. The molecule has 2 N–H and O–H groups in total. The molecular formula is C13H16N3O4S. The van der Waals surface area contributed by atoms with Crippen molar-refractivity contribution < 1.29 is 18.0 Å². The summed E-state index contributed by atoms with van der Waals surface area (Å²) >= 11 is 0. The van der Waals surface area contributed by atoms with Crippen molar-refractivity contribution in [1.82, 2.24) is 9.29 Å². The van der Waals surface area contributed by atoms with Gasteiger partial charge in [-0.1, -0.05) is 6.07 Å². The number of nitrogens with zero attached hydrogens (tertiary/aromatic N) is 2. The standard InChI is InChI=1S/C13H16N3O4S/c1-9-5-4-6-10(17)12(13(14)18)16(9)21(19,20)11-7-2-3-8-15-11/h2-3,6-9,12H,4-5H2,1H3,(H2,14,18)/t9-,12?/m1/s1. The first-order chi connectivity index (χ1) is 9.85. The van der Waals surface area contributed by atoms with Crippen LogP contribution >= 0.6 is 0 Å². The number of carbonyl (C=O) groups is 2. The lowest BCUT2D eigenvalue weighted by molar-refractivity contribution is -0.130. The number of hydrogen-bond donors (Lipinski definition) is 1. The maximum atomic E-state index is 12.7. The van der Waals surface area contributed by atoms with Crippen LogP contribution in [0.3, 0.4) is 0 Å². The number of carbonyl (C=O) groups excluding carboxylic acids is 2. The summed E-state index contributed by atoms with van der Waals surface area (Å²) in [5, 5.41) is -0.210. The van der Waals surface area contributed by atoms with Gasteiger partial charge in [-0.2, -0.15) is 4.31 Å². The van der Waals surface area contributed by atoms with Gasteiger partial charge in [0, 0.05) is 18.7 Å². The van der Waals surface area contributed by atoms with E-state index >= 15 is 0 Å². The molecule has 113 valence electrons. The van der Waals surface area contributed by atoms with Gasteiger partial charge in [0.25, 0.3) is 10.0 Å². The zero-order valence-electron chi connectivity index (χ0n) is 11.5. The highest BCUT2D eigenvalue weighted by atomic mass is 32.2. The SMILES string of the molecule is C[C@@H]1CC[CH]C(=O)C(C(N)=O)N1S(=O)(=O)c1ccccn1. The van der Waals surface area contributed by atoms with Gasteiger partial charge in [-0.3, -0.25) is 9.59 Å². The van der Waals surface area contributed by atoms with Crippen LogP contribution in [0, 0.1) is 6.42 Å². The number of ketones is 1. The average molecular weight is 310 g/mol. The maximum Gasteiger partial charge on any atom is 0.261 e. The first kappa shape index (κ1) is 15.6. The van der Waals surface area contributed by atoms with Crippen LogP contribution < -0.4 is 5.73 Å². The number of sulfonamides is 1. The van der Waals surface area contributed by atoms with E-state index in [9.17, 15) is 18.0 Å². The Bertz CT molecular complexity index is 645. The fourth-order valence-corrected chi connectivity index (χ4v) is 4.06. The summed E-state index contributed by atoms with van der Waals surface area (Å²) in [6, 6.07) is 2.37. The molecule has 1 radical (unpaired) electrons. The van der Waals surface area contributed by atoms with Gasteiger partial charge in [-0.25, -0.2) is 13.4 Å². The number of pyridine rings is 1. The van der Waals surface area contributed by atoms with Crippen LogP contribution in [0.1, 0.15) is 19.8 Å². The molecule has 1 aliphatic rings. The number of hydrogen-bond acceptors (Lipinski definition) is 5. The lowest BCUT2D eigenvalue weighted by Crippen LogP contribution is -2.54. The summed E-state index contributed by atoms with van der Waals surface area (Å²) in [7, 11) is -4.08. The van der Waals surface area contributed by atoms with E-state index in [4.69, 9.17) is 5.73 Å². The summed E-state index contributed by atoms with van der Waals surface area (Å²) in [5.74, 6) is -1.57. The predicted molar refractivity (Wildman–Crippen MR) is 74.2 cm³/mol. The van der Waals surface area contributed by atoms with Crippen LogP contribution in [0.15, 0.2) is 29.4 Å². The van der Waals surface area contributed by atoms with Crippen LogP contribution in [0.2, 0.25) is 0 Å². The highest BCUT2D eigenvalue weighted by Crippen LogP contribution is 2.26. The Morgan fingerprint density at radius 1 is 1.43 bits per heavy atom. The third kappa shape index (κ3) is 2.96. The first-order valence-electron chi connectivity index (χ1n) is 6.46. The average Bonchev–Trinajstić information content (AvgIpc) is 2.59. The van der Waals surface area contributed by atoms with E-state index in [-0.39, 0.29) is 5.03 Å². The molecule has 0 aromatic carbocycles. The van der Waals surface area contributed by atoms with Crippen LogP contribution in [0.4, 0.5) is 0 Å². The quantitative estimate of drug-likeness (QED) is 0.783. The normalized spacial score (nSPS) is 24.5. The van der Waals surface area contributed by atoms with Crippen molar-refractivity contribution in [3.05, 3.63) is 30.8 Å². The van der Waals surface area contributed by atoms with Gasteiger partial charge < -0.3 is 5.73 Å². The predicted octanol–water partition coefficient (Wildman–Crippen LogP) is -0.118. The Morgan fingerprint density at radius 3 is 2.71 bits per heavy atom. The van der Waals surface area contributed by atoms with E-state index in [1.54, 1.807) is 13.0 Å². The monoisotopic (exact) mass is 310 g/mol. The minimum absolute atomic E-state index is 0.210. The lowest BCUT2D eigenvalue weighted by atomic mass is 10.1. The number of rotatable bonds is 3. The fraction of sp³-hybridized carbons (Fsp3) is 0.385. The zero-order chi connectivity index (χ0) is 15.6. The fourth-order valence-electron chi connectivity index (χ4n) is 2.33. The Hall–Kier alpha value is -1.80. The smallest absolute Gasteiger partial charge is 0.261 e. The van der Waals surface area contributed by atoms with Crippen molar-refractivity contribution in [1.29, 1.82) is 0 Å². The number of amides is 1. The lowest BCUT2D eigenvalue weighted by Gasteiger charge is -2.30. The molecule has 1 aromatic rings. The molecule has 1 unspecified atom stereocenters. The largest absolute Gasteiger partial charge is 0.368 e. The Kier molecular flexibility index (Phi) is 4.38. The van der Waals surface area contributed by atoms with Crippen molar-refractivity contribution in [3.8, 4) is 0 Å². The first-order valence-corrected chi connectivity index (χ1v) is 7.90. The number of Topliss-reactive ketones (excluding diaryl/α,β-unsaturated/α-hetero) is 1. The summed E-state index contributed by atoms with van der Waals surface area (Å²) in [6.45, 7) is 1.64. The maximum absolute atomic E-state index is 12.7. The summed E-state index contributed by atoms with van der Waals surface area (Å²) in [4.78, 5) is 27.4. The number of nitrogens with two attached hydrogens (primary N) is 1. The van der Waals surface area contributed by atoms with Gasteiger partial charge in [-0.05, 0) is 31.9 Å². The second kappa shape index (κ2) is 5.90. The van der Waals surface area contributed by atoms with Crippen LogP contribution in [0.25, 0.3) is 0 Å². The van der Waals surface area contributed by atoms with Crippen molar-refractivity contribution >= 4 is 21.7 Å². The van der Waals surface area contributed by atoms with Gasteiger partial charge in [0.05, 0.1) is 0 Å². The number of aromatic nitrogens is 1. The third-order valence-corrected chi connectivity index (χ3v) is 5.23. The Balaban J connectivity index is 2.55. The van der Waals surface area contributed by atoms with E-state index in [2.05, 4.69) is 4.98 Å². The molecule has 2 heterocycles. The molecule has 1 amide bonds. The van der Waals surface area contributed by atoms with Crippen molar-refractivity contribution in [3.63, 3.8) is 0 Å². The molecule has 0 aliphatic carbocycles. The highest BCUT2D eigenvalue weighted by Gasteiger charge is 2.44. The van der Waals surface area contributed by atoms with Gasteiger partial charge in [0.2, 0.25) is 5.91 Å². The summed E-state index contributed by atoms with van der Waals surface area (Å²) < 4.78 is 26.3. The van der Waals surface area contributed by atoms with E-state index in [0.29, 0.717) is 12.8 Å². The minimum atomic E-state index is -4.08. The van der Waals surface area contributed by atoms with Crippen LogP contribution in [-0.2, 0) is 19.6 Å². The molecule has 1 saturated heterocycles. The Labute approximate surface area is 123 Å². The van der Waals surface area contributed by atoms with E-state index < -0.39 is 33.8 Å². The van der Waals surface area contributed by atoms with Crippen molar-refractivity contribution in [2.45, 2.75) is 36.9 Å². The summed E-state index contributed by atoms with van der Waals surface area (Å²) in [6.07, 6.45) is 3.49. The van der Waals surface area contributed by atoms with Crippen LogP contribution in [0.5, 0.6) is 0 Å². The number of primary amides is 1. The van der Waals surface area contributed by atoms with Gasteiger partial charge in [0.15, 0.2) is 16.9 Å². The second-order valence-electron chi connectivity index (χ2n) is 4.84. The third-order valence-electron chi connectivity index (χ3n) is 3.34. The molecule has 1 aromatic heterocycles. The molecular weight excluding hydrogens is 294 g/mol. The molecule has 0 spiro atoms. The van der Waals surface area contributed by atoms with Gasteiger partial charge in [-0.15, -0.1) is 0 Å². The van der Waals surface area contributed by atoms with E-state index in [1.165, 1.54) is 24.8 Å². The molecule has 0 saturated carbocycles. The minimum Gasteiger partial charge on any atom is -0.368 e. The zero-order valence-corrected chi connectivity index (χ0v) is 12.3. The highest BCUT2D eigenvalue weighted by molar-refractivity contribution is 7.89. The van der Waals surface area contributed by atoms with Crippen molar-refractivity contribution in [2.24, 2.45) is 5.73 Å². The molecule has 0 bridgehead atoms. The van der Waals surface area contributed by atoms with Crippen LogP contribution in [-0.4, -0.2) is 41.5 Å². The van der Waals surface area contributed by atoms with Crippen molar-refractivity contribution in [2.75, 3.05) is 0 Å². The molecule has 21 heavy (non-hydrogen) atoms. The second-order valence-corrected chi connectivity index (χ2v) is 6.63. The molecule has 1 fully saturated rings. The molecule has 2 atom stereocenters. The Morgan fingerprint density at radius 2 is 2.14 bits per heavy atom. The van der Waals surface area contributed by atoms with Gasteiger partial charge in [0.1, 0.15) is 0 Å². The van der Waals surface area contributed by atoms with Gasteiger partial charge >= 0.3 is 0 Å². The molecule has 2 rings (SSSR count). The molecule has 7 nitrogen and oxygen atoms in total. The molecule has 1 aliphatic heterocycles. The summed E-state index contributed by atoms with van der Waals surface area (Å²) in [5.41, 5.74) is 5.25. The van der Waals surface area contributed by atoms with E-state index in [1.807, 2.05) is 0 Å².